The second-order valence-corrected chi connectivity index (χ2v) is 4.52. The fourth-order valence-corrected chi connectivity index (χ4v) is 2.13. The molecule has 1 heterocycles. The van der Waals surface area contributed by atoms with Crippen LogP contribution in [0.1, 0.15) is 23.0 Å². The molecule has 0 saturated heterocycles. The summed E-state index contributed by atoms with van der Waals surface area (Å²) in [6.07, 6.45) is 1.64. The van der Waals surface area contributed by atoms with Crippen LogP contribution < -0.4 is 10.2 Å². The van der Waals surface area contributed by atoms with Gasteiger partial charge in [0.05, 0.1) is 0 Å². The summed E-state index contributed by atoms with van der Waals surface area (Å²) in [6.45, 7) is 4.57. The van der Waals surface area contributed by atoms with Gasteiger partial charge in [0.2, 0.25) is 0 Å². The maximum atomic E-state index is 12.6. The Bertz CT molecular complexity index is 610. The molecular weight excluding hydrogens is 250 g/mol. The number of hydrogen-bond donors (Lipinski definition) is 1. The smallest absolute Gasteiger partial charge is 0.276 e. The normalized spacial score (nSPS) is 10.2. The summed E-state index contributed by atoms with van der Waals surface area (Å²) in [4.78, 5) is 18.6. The van der Waals surface area contributed by atoms with E-state index >= 15 is 0 Å². The van der Waals surface area contributed by atoms with Gasteiger partial charge in [-0.1, -0.05) is 18.2 Å². The van der Waals surface area contributed by atoms with Crippen molar-refractivity contribution in [2.75, 3.05) is 23.8 Å². The second kappa shape index (κ2) is 6.19. The van der Waals surface area contributed by atoms with Crippen LogP contribution in [-0.2, 0) is 0 Å². The summed E-state index contributed by atoms with van der Waals surface area (Å²) in [5, 5.41) is 3.02. The molecule has 4 nitrogen and oxygen atoms in total. The lowest BCUT2D eigenvalue weighted by Gasteiger charge is -2.22. The molecule has 20 heavy (non-hydrogen) atoms. The molecule has 2 aromatic rings. The van der Waals surface area contributed by atoms with Gasteiger partial charge in [-0.2, -0.15) is 0 Å². The molecular formula is C16H19N3O. The summed E-state index contributed by atoms with van der Waals surface area (Å²) < 4.78 is 0. The van der Waals surface area contributed by atoms with E-state index in [1.807, 2.05) is 51.2 Å². The Kier molecular flexibility index (Phi) is 4.35. The highest BCUT2D eigenvalue weighted by molar-refractivity contribution is 6.05. The summed E-state index contributed by atoms with van der Waals surface area (Å²) in [5.41, 5.74) is 3.33. The summed E-state index contributed by atoms with van der Waals surface area (Å²) in [7, 11) is 1.82. The van der Waals surface area contributed by atoms with Crippen molar-refractivity contribution in [3.8, 4) is 0 Å². The molecule has 0 aliphatic rings. The molecule has 0 bridgehead atoms. The lowest BCUT2D eigenvalue weighted by molar-refractivity contribution is 0.0983. The molecule has 0 saturated carbocycles. The van der Waals surface area contributed by atoms with Gasteiger partial charge in [0.15, 0.2) is 0 Å². The van der Waals surface area contributed by atoms with Crippen LogP contribution in [0.15, 0.2) is 42.6 Å². The number of anilines is 2. The number of amides is 1. The molecule has 1 N–H and O–H groups in total. The average molecular weight is 269 g/mol. The van der Waals surface area contributed by atoms with Crippen LogP contribution in [0.25, 0.3) is 0 Å². The van der Waals surface area contributed by atoms with Gasteiger partial charge in [-0.25, -0.2) is 0 Å². The zero-order chi connectivity index (χ0) is 14.5. The van der Waals surface area contributed by atoms with E-state index in [9.17, 15) is 4.79 Å². The van der Waals surface area contributed by atoms with Crippen LogP contribution >= 0.6 is 0 Å². The Morgan fingerprint density at radius 3 is 2.70 bits per heavy atom. The van der Waals surface area contributed by atoms with Gasteiger partial charge in [0.1, 0.15) is 5.69 Å². The van der Waals surface area contributed by atoms with Gasteiger partial charge < -0.3 is 10.2 Å². The van der Waals surface area contributed by atoms with Crippen molar-refractivity contribution in [2.45, 2.75) is 13.8 Å². The van der Waals surface area contributed by atoms with Crippen LogP contribution in [-0.4, -0.2) is 24.5 Å². The first-order valence-corrected chi connectivity index (χ1v) is 6.68. The lowest BCUT2D eigenvalue weighted by atomic mass is 10.1. The highest BCUT2D eigenvalue weighted by atomic mass is 16.2. The standard InChI is InChI=1S/C16H19N3O/c1-4-19(15-8-6-5-7-12(15)2)16(20)14-11-13(17-3)9-10-18-14/h5-11H,4H2,1-3H3,(H,17,18). The minimum absolute atomic E-state index is 0.0844. The largest absolute Gasteiger partial charge is 0.388 e. The summed E-state index contributed by atoms with van der Waals surface area (Å²) in [5.74, 6) is -0.0844. The van der Waals surface area contributed by atoms with Crippen LogP contribution in [0.4, 0.5) is 11.4 Å². The van der Waals surface area contributed by atoms with Gasteiger partial charge in [0.25, 0.3) is 5.91 Å². The van der Waals surface area contributed by atoms with Crippen molar-refractivity contribution in [1.82, 2.24) is 4.98 Å². The van der Waals surface area contributed by atoms with Crippen molar-refractivity contribution in [3.05, 3.63) is 53.9 Å². The van der Waals surface area contributed by atoms with Gasteiger partial charge in [-0.05, 0) is 37.6 Å². The number of benzene rings is 1. The highest BCUT2D eigenvalue weighted by Gasteiger charge is 2.18. The number of carbonyl (C=O) groups excluding carboxylic acids is 1. The summed E-state index contributed by atoms with van der Waals surface area (Å²) >= 11 is 0. The molecule has 0 atom stereocenters. The molecule has 4 heteroatoms. The topological polar surface area (TPSA) is 45.2 Å². The Balaban J connectivity index is 2.36. The van der Waals surface area contributed by atoms with Crippen molar-refractivity contribution >= 4 is 17.3 Å². The predicted octanol–water partition coefficient (Wildman–Crippen LogP) is 3.10. The van der Waals surface area contributed by atoms with Gasteiger partial charge in [0, 0.05) is 31.2 Å². The minimum Gasteiger partial charge on any atom is -0.388 e. The molecule has 1 amide bonds. The number of nitrogens with zero attached hydrogens (tertiary/aromatic N) is 2. The third-order valence-corrected chi connectivity index (χ3v) is 3.24. The van der Waals surface area contributed by atoms with E-state index in [-0.39, 0.29) is 5.91 Å². The number of pyridine rings is 1. The Morgan fingerprint density at radius 2 is 2.05 bits per heavy atom. The minimum atomic E-state index is -0.0844. The van der Waals surface area contributed by atoms with Crippen LogP contribution in [0.5, 0.6) is 0 Å². The quantitative estimate of drug-likeness (QED) is 0.927. The average Bonchev–Trinajstić information content (AvgIpc) is 2.49. The van der Waals surface area contributed by atoms with Crippen molar-refractivity contribution in [3.63, 3.8) is 0 Å². The first kappa shape index (κ1) is 14.1. The maximum Gasteiger partial charge on any atom is 0.276 e. The SMILES string of the molecule is CCN(C(=O)c1cc(NC)ccn1)c1ccccc1C. The van der Waals surface area contributed by atoms with Crippen LogP contribution in [0.3, 0.4) is 0 Å². The molecule has 104 valence electrons. The van der Waals surface area contributed by atoms with Crippen molar-refractivity contribution < 1.29 is 4.79 Å². The number of para-hydroxylation sites is 1. The molecule has 0 unspecified atom stereocenters. The molecule has 2 rings (SSSR count). The number of aromatic nitrogens is 1. The molecule has 0 radical (unpaired) electrons. The molecule has 0 fully saturated rings. The first-order valence-electron chi connectivity index (χ1n) is 6.68. The molecule has 0 aliphatic heterocycles. The number of rotatable bonds is 4. The molecule has 0 aliphatic carbocycles. The van der Waals surface area contributed by atoms with E-state index in [4.69, 9.17) is 0 Å². The third kappa shape index (κ3) is 2.79. The Morgan fingerprint density at radius 1 is 1.30 bits per heavy atom. The van der Waals surface area contributed by atoms with E-state index in [1.165, 1.54) is 0 Å². The first-order chi connectivity index (χ1) is 9.67. The second-order valence-electron chi connectivity index (χ2n) is 4.52. The fourth-order valence-electron chi connectivity index (χ4n) is 2.13. The molecule has 1 aromatic carbocycles. The lowest BCUT2D eigenvalue weighted by Crippen LogP contribution is -2.31. The highest BCUT2D eigenvalue weighted by Crippen LogP contribution is 2.21. The van der Waals surface area contributed by atoms with Gasteiger partial charge in [-0.3, -0.25) is 9.78 Å². The Hall–Kier alpha value is -2.36. The van der Waals surface area contributed by atoms with E-state index in [0.29, 0.717) is 12.2 Å². The maximum absolute atomic E-state index is 12.6. The van der Waals surface area contributed by atoms with Crippen LogP contribution in [0, 0.1) is 6.92 Å². The Labute approximate surface area is 119 Å². The number of nitrogens with one attached hydrogen (secondary N) is 1. The molecule has 1 aromatic heterocycles. The van der Waals surface area contributed by atoms with Gasteiger partial charge in [-0.15, -0.1) is 0 Å². The number of aryl methyl sites for hydroxylation is 1. The van der Waals surface area contributed by atoms with Crippen LogP contribution in [0.2, 0.25) is 0 Å². The van der Waals surface area contributed by atoms with E-state index < -0.39 is 0 Å². The van der Waals surface area contributed by atoms with E-state index in [0.717, 1.165) is 16.9 Å². The van der Waals surface area contributed by atoms with Crippen molar-refractivity contribution in [2.24, 2.45) is 0 Å². The monoisotopic (exact) mass is 269 g/mol. The number of carbonyl (C=O) groups is 1. The third-order valence-electron chi connectivity index (χ3n) is 3.24. The molecule has 0 spiro atoms. The van der Waals surface area contributed by atoms with Gasteiger partial charge >= 0.3 is 0 Å². The van der Waals surface area contributed by atoms with Crippen molar-refractivity contribution in [1.29, 1.82) is 0 Å². The zero-order valence-corrected chi connectivity index (χ0v) is 12.1. The van der Waals surface area contributed by atoms with E-state index in [2.05, 4.69) is 10.3 Å². The summed E-state index contributed by atoms with van der Waals surface area (Å²) in [6, 6.07) is 11.5. The van der Waals surface area contributed by atoms with E-state index in [1.54, 1.807) is 17.2 Å². The number of hydrogen-bond acceptors (Lipinski definition) is 3. The predicted molar refractivity (Wildman–Crippen MR) is 82.3 cm³/mol. The fraction of sp³-hybridized carbons (Fsp3) is 0.250. The zero-order valence-electron chi connectivity index (χ0n) is 12.1.